The number of aryl methyl sites for hydroxylation is 1. The average molecular weight is 358 g/mol. The van der Waals surface area contributed by atoms with Gasteiger partial charge in [0.2, 0.25) is 0 Å². The highest BCUT2D eigenvalue weighted by Crippen LogP contribution is 2.42. The number of rotatable bonds is 2. The summed E-state index contributed by atoms with van der Waals surface area (Å²) >= 11 is 0. The van der Waals surface area contributed by atoms with Gasteiger partial charge in [-0.15, -0.1) is 0 Å². The Balaban J connectivity index is 1.57. The number of anilines is 1. The largest absolute Gasteiger partial charge is 0.374 e. The molecule has 3 aliphatic rings. The first-order valence-corrected chi connectivity index (χ1v) is 10.2. The number of nitrogens with zero attached hydrogens (tertiary/aromatic N) is 3. The lowest BCUT2D eigenvalue weighted by Crippen LogP contribution is -2.37. The molecule has 27 heavy (non-hydrogen) atoms. The van der Waals surface area contributed by atoms with E-state index < -0.39 is 0 Å². The Bertz CT molecular complexity index is 927. The molecule has 2 atom stereocenters. The molecule has 0 bridgehead atoms. The third-order valence-electron chi connectivity index (χ3n) is 6.40. The number of aliphatic imine (C=N–C) groups is 1. The molecule has 1 aliphatic carbocycles. The van der Waals surface area contributed by atoms with Crippen LogP contribution in [0.1, 0.15) is 48.1 Å². The van der Waals surface area contributed by atoms with Crippen molar-refractivity contribution < 1.29 is 0 Å². The number of hydrogen-bond donors (Lipinski definition) is 0. The number of likely N-dealkylation sites (N-methyl/N-ethyl adjacent to an activating group) is 1. The summed E-state index contributed by atoms with van der Waals surface area (Å²) in [5, 5.41) is 0. The molecule has 5 rings (SSSR count). The molecular weight excluding hydrogens is 330 g/mol. The SMILES string of the molecule is CC1N=CC=C(c2ccc3c(c2)N(C)CC3)N1[C@@H]1CCCc2ccccc21. The molecule has 138 valence electrons. The summed E-state index contributed by atoms with van der Waals surface area (Å²) in [7, 11) is 2.20. The van der Waals surface area contributed by atoms with Crippen molar-refractivity contribution in [1.29, 1.82) is 0 Å². The molecule has 0 spiro atoms. The van der Waals surface area contributed by atoms with Gasteiger partial charge in [-0.1, -0.05) is 36.4 Å². The first-order chi connectivity index (χ1) is 13.2. The summed E-state index contributed by atoms with van der Waals surface area (Å²) in [6, 6.07) is 16.4. The van der Waals surface area contributed by atoms with Gasteiger partial charge in [0.05, 0.1) is 6.04 Å². The normalized spacial score (nSPS) is 23.9. The Kier molecular flexibility index (Phi) is 4.04. The summed E-state index contributed by atoms with van der Waals surface area (Å²) in [6.45, 7) is 3.34. The predicted molar refractivity (Wildman–Crippen MR) is 113 cm³/mol. The summed E-state index contributed by atoms with van der Waals surface area (Å²) in [6.07, 6.45) is 9.14. The first kappa shape index (κ1) is 16.6. The van der Waals surface area contributed by atoms with E-state index in [0.29, 0.717) is 6.04 Å². The van der Waals surface area contributed by atoms with E-state index >= 15 is 0 Å². The van der Waals surface area contributed by atoms with Crippen LogP contribution >= 0.6 is 0 Å². The molecular formula is C24H27N3. The van der Waals surface area contributed by atoms with Crippen LogP contribution in [0.3, 0.4) is 0 Å². The summed E-state index contributed by atoms with van der Waals surface area (Å²) < 4.78 is 0. The maximum Gasteiger partial charge on any atom is 0.118 e. The third-order valence-corrected chi connectivity index (χ3v) is 6.40. The zero-order chi connectivity index (χ0) is 18.4. The summed E-state index contributed by atoms with van der Waals surface area (Å²) in [5.41, 5.74) is 8.45. The Morgan fingerprint density at radius 1 is 1.04 bits per heavy atom. The molecule has 0 N–H and O–H groups in total. The molecule has 0 saturated heterocycles. The number of hydrogen-bond acceptors (Lipinski definition) is 3. The lowest BCUT2D eigenvalue weighted by molar-refractivity contribution is 0.216. The number of allylic oxidation sites excluding steroid dienone is 1. The van der Waals surface area contributed by atoms with Gasteiger partial charge in [0.15, 0.2) is 0 Å². The molecule has 3 heteroatoms. The van der Waals surface area contributed by atoms with Crippen LogP contribution in [0.2, 0.25) is 0 Å². The monoisotopic (exact) mass is 357 g/mol. The van der Waals surface area contributed by atoms with Crippen molar-refractivity contribution in [3.63, 3.8) is 0 Å². The first-order valence-electron chi connectivity index (χ1n) is 10.2. The third kappa shape index (κ3) is 2.77. The smallest absolute Gasteiger partial charge is 0.118 e. The average Bonchev–Trinajstić information content (AvgIpc) is 3.08. The van der Waals surface area contributed by atoms with Gasteiger partial charge in [0.25, 0.3) is 0 Å². The van der Waals surface area contributed by atoms with Crippen molar-refractivity contribution in [1.82, 2.24) is 4.90 Å². The minimum atomic E-state index is 0.159. The molecule has 2 aromatic carbocycles. The topological polar surface area (TPSA) is 18.8 Å². The van der Waals surface area contributed by atoms with Gasteiger partial charge in [-0.05, 0) is 67.0 Å². The van der Waals surface area contributed by atoms with Gasteiger partial charge < -0.3 is 9.80 Å². The molecule has 0 saturated carbocycles. The maximum absolute atomic E-state index is 4.74. The molecule has 0 amide bonds. The minimum absolute atomic E-state index is 0.159. The minimum Gasteiger partial charge on any atom is -0.374 e. The highest BCUT2D eigenvalue weighted by molar-refractivity contribution is 5.86. The van der Waals surface area contributed by atoms with E-state index in [-0.39, 0.29) is 6.17 Å². The molecule has 0 fully saturated rings. The molecule has 0 radical (unpaired) electrons. The van der Waals surface area contributed by atoms with Crippen molar-refractivity contribution in [2.45, 2.75) is 44.8 Å². The van der Waals surface area contributed by atoms with Crippen LogP contribution in [0.5, 0.6) is 0 Å². The second-order valence-corrected chi connectivity index (χ2v) is 8.01. The predicted octanol–water partition coefficient (Wildman–Crippen LogP) is 4.83. The quantitative estimate of drug-likeness (QED) is 0.767. The van der Waals surface area contributed by atoms with Crippen molar-refractivity contribution in [2.24, 2.45) is 4.99 Å². The van der Waals surface area contributed by atoms with Gasteiger partial charge in [0.1, 0.15) is 6.17 Å². The van der Waals surface area contributed by atoms with Crippen LogP contribution in [0.15, 0.2) is 53.5 Å². The van der Waals surface area contributed by atoms with Crippen LogP contribution in [0.4, 0.5) is 5.69 Å². The van der Waals surface area contributed by atoms with Crippen LogP contribution in [-0.2, 0) is 12.8 Å². The van der Waals surface area contributed by atoms with E-state index in [9.17, 15) is 0 Å². The fourth-order valence-corrected chi connectivity index (χ4v) is 4.99. The second kappa shape index (κ2) is 6.56. The van der Waals surface area contributed by atoms with Gasteiger partial charge in [-0.2, -0.15) is 0 Å². The maximum atomic E-state index is 4.74. The van der Waals surface area contributed by atoms with Gasteiger partial charge >= 0.3 is 0 Å². The summed E-state index contributed by atoms with van der Waals surface area (Å²) in [4.78, 5) is 9.66. The van der Waals surface area contributed by atoms with E-state index in [0.717, 1.165) is 13.0 Å². The van der Waals surface area contributed by atoms with Crippen LogP contribution in [-0.4, -0.2) is 30.9 Å². The molecule has 1 unspecified atom stereocenters. The van der Waals surface area contributed by atoms with Gasteiger partial charge in [0, 0.05) is 31.2 Å². The molecule has 2 heterocycles. The highest BCUT2D eigenvalue weighted by Gasteiger charge is 2.32. The van der Waals surface area contributed by atoms with E-state index in [2.05, 4.69) is 72.3 Å². The zero-order valence-corrected chi connectivity index (χ0v) is 16.2. The fourth-order valence-electron chi connectivity index (χ4n) is 4.99. The Hall–Kier alpha value is -2.55. The van der Waals surface area contributed by atoms with E-state index in [4.69, 9.17) is 4.99 Å². The fraction of sp³-hybridized carbons (Fsp3) is 0.375. The number of benzene rings is 2. The van der Waals surface area contributed by atoms with Crippen LogP contribution in [0, 0.1) is 0 Å². The van der Waals surface area contributed by atoms with E-state index in [1.165, 1.54) is 52.9 Å². The Morgan fingerprint density at radius 3 is 2.85 bits per heavy atom. The lowest BCUT2D eigenvalue weighted by Gasteiger charge is -2.42. The van der Waals surface area contributed by atoms with Crippen LogP contribution in [0.25, 0.3) is 5.70 Å². The second-order valence-electron chi connectivity index (χ2n) is 8.01. The zero-order valence-electron chi connectivity index (χ0n) is 16.2. The highest BCUT2D eigenvalue weighted by atomic mass is 15.3. The van der Waals surface area contributed by atoms with Gasteiger partial charge in [-0.25, -0.2) is 0 Å². The number of fused-ring (bicyclic) bond motifs is 2. The lowest BCUT2D eigenvalue weighted by atomic mass is 9.85. The summed E-state index contributed by atoms with van der Waals surface area (Å²) in [5.74, 6) is 0. The Morgan fingerprint density at radius 2 is 1.93 bits per heavy atom. The molecule has 3 nitrogen and oxygen atoms in total. The van der Waals surface area contributed by atoms with Crippen molar-refractivity contribution in [3.05, 3.63) is 70.8 Å². The van der Waals surface area contributed by atoms with Gasteiger partial charge in [-0.3, -0.25) is 4.99 Å². The van der Waals surface area contributed by atoms with Crippen molar-refractivity contribution >= 4 is 17.6 Å². The van der Waals surface area contributed by atoms with Crippen molar-refractivity contribution in [2.75, 3.05) is 18.5 Å². The standard InChI is InChI=1S/C24H27N3/c1-17-25-14-12-22(20-11-10-19-13-15-26(2)24(19)16-20)27(17)23-9-5-7-18-6-3-4-8-21(18)23/h3-4,6,8,10-12,14,16-17,23H,5,7,9,13,15H2,1-2H3/t17?,23-/m1/s1. The molecule has 2 aliphatic heterocycles. The van der Waals surface area contributed by atoms with E-state index in [1.807, 2.05) is 6.21 Å². The van der Waals surface area contributed by atoms with E-state index in [1.54, 1.807) is 0 Å². The molecule has 2 aromatic rings. The van der Waals surface area contributed by atoms with Crippen LogP contribution < -0.4 is 4.90 Å². The van der Waals surface area contributed by atoms with Crippen molar-refractivity contribution in [3.8, 4) is 0 Å². The molecule has 0 aromatic heterocycles. The Labute approximate surface area is 162 Å².